The van der Waals surface area contributed by atoms with Crippen LogP contribution in [0.15, 0.2) is 47.6 Å². The summed E-state index contributed by atoms with van der Waals surface area (Å²) in [5, 5.41) is 6.26. The van der Waals surface area contributed by atoms with Gasteiger partial charge in [0, 0.05) is 37.9 Å². The number of rotatable bonds is 3. The molecule has 0 saturated carbocycles. The molecule has 1 aromatic heterocycles. The molecule has 0 aliphatic carbocycles. The number of guanidine groups is 1. The monoisotopic (exact) mass is 419 g/mol. The van der Waals surface area contributed by atoms with E-state index in [2.05, 4.69) is 32.5 Å². The number of pyridine rings is 1. The molecule has 1 aliphatic rings. The zero-order chi connectivity index (χ0) is 21.6. The van der Waals surface area contributed by atoms with E-state index in [1.165, 1.54) is 18.2 Å². The molecule has 0 spiro atoms. The summed E-state index contributed by atoms with van der Waals surface area (Å²) in [6.07, 6.45) is -2.05. The Morgan fingerprint density at radius 3 is 2.87 bits per heavy atom. The fourth-order valence-electron chi connectivity index (χ4n) is 3.12. The molecule has 0 radical (unpaired) electrons. The number of aliphatic imine (C=N–C) groups is 1. The first kappa shape index (κ1) is 21.4. The topological polar surface area (TPSA) is 52.6 Å². The molecule has 5 nitrogen and oxygen atoms in total. The summed E-state index contributed by atoms with van der Waals surface area (Å²) >= 11 is 0. The number of benzene rings is 1. The van der Waals surface area contributed by atoms with Crippen LogP contribution in [0.25, 0.3) is 0 Å². The number of nitrogens with one attached hydrogen (secondary N) is 2. The third-order valence-corrected chi connectivity index (χ3v) is 4.56. The zero-order valence-corrected chi connectivity index (χ0v) is 16.3. The van der Waals surface area contributed by atoms with Gasteiger partial charge in [-0.1, -0.05) is 17.9 Å². The predicted octanol–water partition coefficient (Wildman–Crippen LogP) is 3.03. The van der Waals surface area contributed by atoms with Crippen molar-refractivity contribution in [3.63, 3.8) is 0 Å². The fourth-order valence-corrected chi connectivity index (χ4v) is 3.12. The summed E-state index contributed by atoms with van der Waals surface area (Å²) in [7, 11) is 1.61. The van der Waals surface area contributed by atoms with Crippen LogP contribution < -0.4 is 15.5 Å². The minimum atomic E-state index is -4.39. The van der Waals surface area contributed by atoms with Crippen LogP contribution in [0.2, 0.25) is 0 Å². The highest BCUT2D eigenvalue weighted by Gasteiger charge is 2.30. The number of halogens is 4. The molecule has 0 bridgehead atoms. The molecule has 9 heteroatoms. The van der Waals surface area contributed by atoms with Crippen molar-refractivity contribution in [2.75, 3.05) is 31.6 Å². The molecule has 1 atom stereocenters. The van der Waals surface area contributed by atoms with Crippen LogP contribution in [0.3, 0.4) is 0 Å². The van der Waals surface area contributed by atoms with Crippen LogP contribution in [0.1, 0.15) is 17.5 Å². The maximum Gasteiger partial charge on any atom is 0.416 e. The lowest BCUT2D eigenvalue weighted by atomic mass is 10.1. The van der Waals surface area contributed by atoms with Crippen molar-refractivity contribution in [3.05, 3.63) is 59.5 Å². The summed E-state index contributed by atoms with van der Waals surface area (Å²) in [4.78, 5) is 10.1. The van der Waals surface area contributed by atoms with Gasteiger partial charge in [-0.25, -0.2) is 9.37 Å². The van der Waals surface area contributed by atoms with Crippen LogP contribution in [-0.4, -0.2) is 43.7 Å². The van der Waals surface area contributed by atoms with Gasteiger partial charge < -0.3 is 15.5 Å². The quantitative estimate of drug-likeness (QED) is 0.348. The third-order valence-electron chi connectivity index (χ3n) is 4.56. The molecule has 0 amide bonds. The van der Waals surface area contributed by atoms with Gasteiger partial charge >= 0.3 is 6.18 Å². The van der Waals surface area contributed by atoms with Crippen LogP contribution in [0.5, 0.6) is 0 Å². The van der Waals surface area contributed by atoms with Gasteiger partial charge in [-0.15, -0.1) is 0 Å². The normalized spacial score (nSPS) is 16.8. The summed E-state index contributed by atoms with van der Waals surface area (Å²) in [6.45, 7) is 1.45. The molecule has 30 heavy (non-hydrogen) atoms. The number of anilines is 1. The van der Waals surface area contributed by atoms with Crippen molar-refractivity contribution < 1.29 is 17.6 Å². The molecular formula is C21H21F4N5. The molecule has 1 saturated heterocycles. The van der Waals surface area contributed by atoms with E-state index in [1.807, 2.05) is 4.90 Å². The van der Waals surface area contributed by atoms with Gasteiger partial charge in [-0.3, -0.25) is 4.99 Å². The van der Waals surface area contributed by atoms with E-state index in [0.29, 0.717) is 30.4 Å². The average molecular weight is 419 g/mol. The largest absolute Gasteiger partial charge is 0.416 e. The lowest BCUT2D eigenvalue weighted by Crippen LogP contribution is -2.44. The van der Waals surface area contributed by atoms with E-state index >= 15 is 0 Å². The van der Waals surface area contributed by atoms with E-state index in [4.69, 9.17) is 0 Å². The van der Waals surface area contributed by atoms with Crippen molar-refractivity contribution in [3.8, 4) is 11.8 Å². The van der Waals surface area contributed by atoms with Gasteiger partial charge in [-0.05, 0) is 36.8 Å². The summed E-state index contributed by atoms with van der Waals surface area (Å²) in [5.41, 5.74) is -0.437. The van der Waals surface area contributed by atoms with Crippen LogP contribution in [0.4, 0.5) is 23.4 Å². The Balaban J connectivity index is 1.51. The van der Waals surface area contributed by atoms with E-state index < -0.39 is 11.7 Å². The van der Waals surface area contributed by atoms with Crippen molar-refractivity contribution in [1.29, 1.82) is 0 Å². The van der Waals surface area contributed by atoms with E-state index in [9.17, 15) is 17.6 Å². The second-order valence-corrected chi connectivity index (χ2v) is 6.69. The number of hydrogen-bond acceptors (Lipinski definition) is 3. The third kappa shape index (κ3) is 5.63. The van der Waals surface area contributed by atoms with Gasteiger partial charge in [0.15, 0.2) is 17.6 Å². The minimum absolute atomic E-state index is 0.0500. The first-order chi connectivity index (χ1) is 14.4. The number of nitrogens with zero attached hydrogens (tertiary/aromatic N) is 3. The Morgan fingerprint density at radius 2 is 2.13 bits per heavy atom. The fraction of sp³-hybridized carbons (Fsp3) is 0.333. The van der Waals surface area contributed by atoms with Gasteiger partial charge in [0.2, 0.25) is 0 Å². The predicted molar refractivity (Wildman–Crippen MR) is 108 cm³/mol. The van der Waals surface area contributed by atoms with E-state index in [1.54, 1.807) is 19.3 Å². The van der Waals surface area contributed by atoms with E-state index in [-0.39, 0.29) is 18.4 Å². The molecule has 3 rings (SSSR count). The van der Waals surface area contributed by atoms with Crippen molar-refractivity contribution in [2.24, 2.45) is 4.99 Å². The molecule has 1 aromatic carbocycles. The maximum absolute atomic E-state index is 13.9. The van der Waals surface area contributed by atoms with Crippen molar-refractivity contribution in [2.45, 2.75) is 18.6 Å². The second-order valence-electron chi connectivity index (χ2n) is 6.69. The average Bonchev–Trinajstić information content (AvgIpc) is 3.18. The Morgan fingerprint density at radius 1 is 1.30 bits per heavy atom. The Hall–Kier alpha value is -3.28. The van der Waals surface area contributed by atoms with Crippen LogP contribution in [0, 0.1) is 17.7 Å². The van der Waals surface area contributed by atoms with Crippen molar-refractivity contribution in [1.82, 2.24) is 15.6 Å². The maximum atomic E-state index is 13.9. The molecule has 2 heterocycles. The standard InChI is InChI=1S/C21H21F4N5/c1-26-20(28-11-3-6-15-5-2-7-16(13-15)21(23,24)25)29-17-9-12-30(14-17)19-18(22)8-4-10-27-19/h2,4-5,7-8,10,13,17H,9,11-12,14H2,1H3,(H2,26,28,29). The van der Waals surface area contributed by atoms with Gasteiger partial charge in [0.25, 0.3) is 0 Å². The number of hydrogen-bond donors (Lipinski definition) is 2. The zero-order valence-electron chi connectivity index (χ0n) is 16.3. The Bertz CT molecular complexity index is 962. The highest BCUT2D eigenvalue weighted by atomic mass is 19.4. The van der Waals surface area contributed by atoms with Crippen LogP contribution >= 0.6 is 0 Å². The lowest BCUT2D eigenvalue weighted by Gasteiger charge is -2.19. The van der Waals surface area contributed by atoms with Crippen LogP contribution in [-0.2, 0) is 6.18 Å². The van der Waals surface area contributed by atoms with Gasteiger partial charge in [-0.2, -0.15) is 13.2 Å². The summed E-state index contributed by atoms with van der Waals surface area (Å²) < 4.78 is 52.1. The van der Waals surface area contributed by atoms with Gasteiger partial charge in [0.05, 0.1) is 12.1 Å². The molecular weight excluding hydrogens is 398 g/mol. The Kier molecular flexibility index (Phi) is 6.77. The molecule has 2 N–H and O–H groups in total. The Labute approximate surface area is 172 Å². The molecule has 1 aliphatic heterocycles. The minimum Gasteiger partial charge on any atom is -0.352 e. The summed E-state index contributed by atoms with van der Waals surface area (Å²) in [5.74, 6) is 5.99. The number of alkyl halides is 3. The number of aromatic nitrogens is 1. The smallest absolute Gasteiger partial charge is 0.352 e. The molecule has 1 fully saturated rings. The lowest BCUT2D eigenvalue weighted by molar-refractivity contribution is -0.137. The SMILES string of the molecule is CN=C(NCC#Cc1cccc(C(F)(F)F)c1)NC1CCN(c2ncccc2F)C1. The highest BCUT2D eigenvalue weighted by molar-refractivity contribution is 5.80. The first-order valence-corrected chi connectivity index (χ1v) is 9.35. The second kappa shape index (κ2) is 9.48. The van der Waals surface area contributed by atoms with E-state index in [0.717, 1.165) is 18.6 Å². The van der Waals surface area contributed by atoms with Gasteiger partial charge in [0.1, 0.15) is 0 Å². The molecule has 1 unspecified atom stereocenters. The summed E-state index contributed by atoms with van der Waals surface area (Å²) in [6, 6.07) is 7.87. The van der Waals surface area contributed by atoms with Crippen molar-refractivity contribution >= 4 is 11.8 Å². The highest BCUT2D eigenvalue weighted by Crippen LogP contribution is 2.29. The molecule has 158 valence electrons. The molecule has 2 aromatic rings. The first-order valence-electron chi connectivity index (χ1n) is 9.35.